The van der Waals surface area contributed by atoms with Gasteiger partial charge in [-0.05, 0) is 38.0 Å². The van der Waals surface area contributed by atoms with Crippen molar-refractivity contribution < 1.29 is 4.74 Å². The number of benzene rings is 1. The maximum atomic E-state index is 6.14. The smallest absolute Gasteiger partial charge is 0.192 e. The largest absolute Gasteiger partial charge is 0.385 e. The highest BCUT2D eigenvalue weighted by molar-refractivity contribution is 14.0. The third-order valence-electron chi connectivity index (χ3n) is 4.18. The molecule has 1 aromatic carbocycles. The molecule has 0 amide bonds. The summed E-state index contributed by atoms with van der Waals surface area (Å²) in [4.78, 5) is 4.64. The molecule has 0 radical (unpaired) electrons. The summed E-state index contributed by atoms with van der Waals surface area (Å²) in [5.74, 6) is 2.34. The first kappa shape index (κ1) is 24.9. The molecule has 0 fully saturated rings. The molecule has 0 saturated heterocycles. The van der Waals surface area contributed by atoms with Gasteiger partial charge in [0.1, 0.15) is 12.4 Å². The van der Waals surface area contributed by atoms with Crippen molar-refractivity contribution in [3.63, 3.8) is 0 Å². The molecule has 10 heteroatoms. The molecule has 0 saturated carbocycles. The fourth-order valence-corrected chi connectivity index (χ4v) is 2.69. The summed E-state index contributed by atoms with van der Waals surface area (Å²) in [5, 5.41) is 16.0. The molecule has 0 bridgehead atoms. The molecule has 0 aliphatic heterocycles. The second-order valence-corrected chi connectivity index (χ2v) is 7.01. The number of halogens is 3. The lowest BCUT2D eigenvalue weighted by Crippen LogP contribution is -2.39. The lowest BCUT2D eigenvalue weighted by Gasteiger charge is -2.19. The van der Waals surface area contributed by atoms with E-state index in [4.69, 9.17) is 27.9 Å². The van der Waals surface area contributed by atoms with Crippen LogP contribution >= 0.6 is 47.2 Å². The van der Waals surface area contributed by atoms with Gasteiger partial charge in [0.15, 0.2) is 11.8 Å². The van der Waals surface area contributed by atoms with E-state index >= 15 is 0 Å². The normalized spacial score (nSPS) is 12.4. The zero-order valence-electron chi connectivity index (χ0n) is 16.5. The minimum Gasteiger partial charge on any atom is -0.385 e. The lowest BCUT2D eigenvalue weighted by molar-refractivity contribution is 0.195. The first-order valence-corrected chi connectivity index (χ1v) is 9.51. The van der Waals surface area contributed by atoms with E-state index in [0.29, 0.717) is 29.2 Å². The third kappa shape index (κ3) is 7.38. The van der Waals surface area contributed by atoms with E-state index < -0.39 is 0 Å². The standard InChI is InChI=1S/C18H26Cl2N6O.HI/c1-12(14-6-7-15(19)16(20)10-14)23-18(21-8-5-9-27-4)22-11-17-25-24-13(2)26(17)3;/h6-7,10,12H,5,8-9,11H2,1-4H3,(H2,21,22,23);1H. The number of aliphatic imine (C=N–C) groups is 1. The number of hydrogen-bond acceptors (Lipinski definition) is 4. The summed E-state index contributed by atoms with van der Waals surface area (Å²) in [6, 6.07) is 5.59. The fraction of sp³-hybridized carbons (Fsp3) is 0.500. The number of aryl methyl sites for hydroxylation is 1. The highest BCUT2D eigenvalue weighted by Crippen LogP contribution is 2.25. The van der Waals surface area contributed by atoms with Gasteiger partial charge in [0.25, 0.3) is 0 Å². The van der Waals surface area contributed by atoms with E-state index in [1.807, 2.05) is 37.6 Å². The maximum absolute atomic E-state index is 6.14. The number of methoxy groups -OCH3 is 1. The van der Waals surface area contributed by atoms with Gasteiger partial charge in [-0.15, -0.1) is 34.2 Å². The van der Waals surface area contributed by atoms with Gasteiger partial charge in [-0.3, -0.25) is 0 Å². The molecule has 0 spiro atoms. The van der Waals surface area contributed by atoms with Crippen molar-refractivity contribution in [1.29, 1.82) is 0 Å². The molecule has 1 unspecified atom stereocenters. The monoisotopic (exact) mass is 540 g/mol. The molecule has 2 aromatic rings. The number of ether oxygens (including phenoxy) is 1. The molecule has 0 aliphatic carbocycles. The van der Waals surface area contributed by atoms with Crippen molar-refractivity contribution in [2.45, 2.75) is 32.9 Å². The Morgan fingerprint density at radius 2 is 2.04 bits per heavy atom. The molecule has 2 rings (SSSR count). The summed E-state index contributed by atoms with van der Waals surface area (Å²) in [6.45, 7) is 5.80. The average Bonchev–Trinajstić information content (AvgIpc) is 2.97. The SMILES string of the molecule is COCCCNC(=NCc1nnc(C)n1C)NC(C)c1ccc(Cl)c(Cl)c1.I. The Hall–Kier alpha value is -1.10. The fourth-order valence-electron chi connectivity index (χ4n) is 2.38. The summed E-state index contributed by atoms with van der Waals surface area (Å²) in [6.07, 6.45) is 0.876. The van der Waals surface area contributed by atoms with Crippen LogP contribution in [0.15, 0.2) is 23.2 Å². The van der Waals surface area contributed by atoms with Crippen LogP contribution in [0.25, 0.3) is 0 Å². The molecule has 1 atom stereocenters. The van der Waals surface area contributed by atoms with Crippen LogP contribution in [0.2, 0.25) is 10.0 Å². The van der Waals surface area contributed by atoms with E-state index in [1.165, 1.54) is 0 Å². The summed E-state index contributed by atoms with van der Waals surface area (Å²) >= 11 is 12.1. The highest BCUT2D eigenvalue weighted by atomic mass is 127. The second kappa shape index (κ2) is 12.5. The summed E-state index contributed by atoms with van der Waals surface area (Å²) < 4.78 is 7.02. The van der Waals surface area contributed by atoms with E-state index in [-0.39, 0.29) is 30.0 Å². The van der Waals surface area contributed by atoms with Crippen LogP contribution < -0.4 is 10.6 Å². The van der Waals surface area contributed by atoms with E-state index in [9.17, 15) is 0 Å². The van der Waals surface area contributed by atoms with Gasteiger partial charge >= 0.3 is 0 Å². The van der Waals surface area contributed by atoms with Gasteiger partial charge in [-0.25, -0.2) is 4.99 Å². The Kier molecular flexibility index (Phi) is 11.1. The van der Waals surface area contributed by atoms with E-state index in [1.54, 1.807) is 13.2 Å². The van der Waals surface area contributed by atoms with Crippen molar-refractivity contribution in [2.75, 3.05) is 20.3 Å². The Balaban J connectivity index is 0.00000392. The molecule has 1 heterocycles. The average molecular weight is 541 g/mol. The van der Waals surface area contributed by atoms with Crippen LogP contribution in [0.3, 0.4) is 0 Å². The van der Waals surface area contributed by atoms with Crippen LogP contribution in [-0.4, -0.2) is 41.0 Å². The number of rotatable bonds is 8. The quantitative estimate of drug-likeness (QED) is 0.230. The molecule has 7 nitrogen and oxygen atoms in total. The predicted octanol–water partition coefficient (Wildman–Crippen LogP) is 3.88. The summed E-state index contributed by atoms with van der Waals surface area (Å²) in [5.41, 5.74) is 1.02. The first-order chi connectivity index (χ1) is 12.9. The number of nitrogens with zero attached hydrogens (tertiary/aromatic N) is 4. The van der Waals surface area contributed by atoms with Crippen molar-refractivity contribution in [3.8, 4) is 0 Å². The molecule has 156 valence electrons. The Labute approximate surface area is 193 Å². The van der Waals surface area contributed by atoms with Crippen LogP contribution in [0.1, 0.15) is 36.6 Å². The maximum Gasteiger partial charge on any atom is 0.192 e. The van der Waals surface area contributed by atoms with Gasteiger partial charge in [0.2, 0.25) is 0 Å². The lowest BCUT2D eigenvalue weighted by atomic mass is 10.1. The number of aromatic nitrogens is 3. The zero-order chi connectivity index (χ0) is 19.8. The number of nitrogens with one attached hydrogen (secondary N) is 2. The van der Waals surface area contributed by atoms with Crippen LogP contribution in [-0.2, 0) is 18.3 Å². The molecule has 0 aliphatic rings. The predicted molar refractivity (Wildman–Crippen MR) is 125 cm³/mol. The zero-order valence-corrected chi connectivity index (χ0v) is 20.3. The minimum absolute atomic E-state index is 0. The topological polar surface area (TPSA) is 76.4 Å². The first-order valence-electron chi connectivity index (χ1n) is 8.76. The molecule has 2 N–H and O–H groups in total. The third-order valence-corrected chi connectivity index (χ3v) is 4.91. The van der Waals surface area contributed by atoms with Crippen molar-refractivity contribution in [2.24, 2.45) is 12.0 Å². The van der Waals surface area contributed by atoms with E-state index in [2.05, 4.69) is 25.8 Å². The minimum atomic E-state index is -0.00493. The van der Waals surface area contributed by atoms with Gasteiger partial charge in [-0.2, -0.15) is 0 Å². The van der Waals surface area contributed by atoms with Crippen molar-refractivity contribution in [3.05, 3.63) is 45.5 Å². The van der Waals surface area contributed by atoms with E-state index in [0.717, 1.165) is 30.2 Å². The highest BCUT2D eigenvalue weighted by Gasteiger charge is 2.11. The van der Waals surface area contributed by atoms with Crippen molar-refractivity contribution >= 4 is 53.1 Å². The van der Waals surface area contributed by atoms with Gasteiger partial charge in [-0.1, -0.05) is 29.3 Å². The van der Waals surface area contributed by atoms with Crippen LogP contribution in [0.4, 0.5) is 0 Å². The van der Waals surface area contributed by atoms with Gasteiger partial charge in [0, 0.05) is 27.3 Å². The van der Waals surface area contributed by atoms with Gasteiger partial charge < -0.3 is 19.9 Å². The van der Waals surface area contributed by atoms with Crippen LogP contribution in [0.5, 0.6) is 0 Å². The Morgan fingerprint density at radius 1 is 1.29 bits per heavy atom. The molecular formula is C18H27Cl2IN6O. The summed E-state index contributed by atoms with van der Waals surface area (Å²) in [7, 11) is 3.62. The molecule has 28 heavy (non-hydrogen) atoms. The Bertz CT molecular complexity index is 783. The molecule has 1 aromatic heterocycles. The molecular weight excluding hydrogens is 514 g/mol. The second-order valence-electron chi connectivity index (χ2n) is 6.20. The van der Waals surface area contributed by atoms with Crippen molar-refractivity contribution in [1.82, 2.24) is 25.4 Å². The number of hydrogen-bond donors (Lipinski definition) is 2. The number of guanidine groups is 1. The Morgan fingerprint density at radius 3 is 2.64 bits per heavy atom. The van der Waals surface area contributed by atoms with Crippen LogP contribution in [0, 0.1) is 6.92 Å². The van der Waals surface area contributed by atoms with Gasteiger partial charge in [0.05, 0.1) is 16.1 Å².